The van der Waals surface area contributed by atoms with Gasteiger partial charge in [0, 0.05) is 37.9 Å². The molecule has 210 valence electrons. The molecule has 1 aliphatic heterocycles. The van der Waals surface area contributed by atoms with Crippen molar-refractivity contribution in [2.24, 2.45) is 0 Å². The summed E-state index contributed by atoms with van der Waals surface area (Å²) in [6, 6.07) is 9.43. The van der Waals surface area contributed by atoms with Gasteiger partial charge in [0.25, 0.3) is 5.91 Å². The molecule has 0 radical (unpaired) electrons. The van der Waals surface area contributed by atoms with Crippen LogP contribution in [-0.4, -0.2) is 81.6 Å². The molecule has 0 spiro atoms. The van der Waals surface area contributed by atoms with Crippen LogP contribution in [0.3, 0.4) is 0 Å². The zero-order valence-electron chi connectivity index (χ0n) is 23.4. The minimum Gasteiger partial charge on any atom is -0.357 e. The van der Waals surface area contributed by atoms with Crippen molar-refractivity contribution in [2.75, 3.05) is 38.1 Å². The zero-order valence-corrected chi connectivity index (χ0v) is 24.2. The van der Waals surface area contributed by atoms with Crippen molar-refractivity contribution in [3.8, 4) is 21.8 Å². The highest BCUT2D eigenvalue weighted by molar-refractivity contribution is 7.13. The average molecular weight is 561 g/mol. The second-order valence-electron chi connectivity index (χ2n) is 10.0. The van der Waals surface area contributed by atoms with Crippen LogP contribution in [0.1, 0.15) is 44.0 Å². The maximum absolute atomic E-state index is 13.5. The van der Waals surface area contributed by atoms with Crippen molar-refractivity contribution in [2.45, 2.75) is 45.7 Å². The van der Waals surface area contributed by atoms with Crippen molar-refractivity contribution < 1.29 is 9.59 Å². The van der Waals surface area contributed by atoms with Crippen LogP contribution >= 0.6 is 11.3 Å². The number of carbonyl (C=O) groups excluding carboxylic acids is 2. The number of aromatic nitrogens is 4. The van der Waals surface area contributed by atoms with E-state index in [1.807, 2.05) is 34.7 Å². The number of nitrogens with zero attached hydrogens (tertiary/aromatic N) is 6. The van der Waals surface area contributed by atoms with E-state index in [4.69, 9.17) is 9.97 Å². The van der Waals surface area contributed by atoms with Crippen molar-refractivity contribution in [1.29, 1.82) is 0 Å². The van der Waals surface area contributed by atoms with Gasteiger partial charge in [0.1, 0.15) is 11.9 Å². The third-order valence-corrected chi connectivity index (χ3v) is 8.35. The van der Waals surface area contributed by atoms with E-state index in [1.54, 1.807) is 41.2 Å². The molecule has 0 saturated carbocycles. The number of hydrogen-bond acceptors (Lipinski definition) is 8. The maximum atomic E-state index is 13.5. The van der Waals surface area contributed by atoms with E-state index in [0.717, 1.165) is 42.1 Å². The first-order valence-electron chi connectivity index (χ1n) is 13.8. The smallest absolute Gasteiger partial charge is 0.251 e. The largest absolute Gasteiger partial charge is 0.357 e. The second-order valence-corrected chi connectivity index (χ2v) is 11.0. The number of thiophene rings is 1. The van der Waals surface area contributed by atoms with Gasteiger partial charge in [-0.15, -0.1) is 11.3 Å². The lowest BCUT2D eigenvalue weighted by atomic mass is 10.0. The molecule has 1 fully saturated rings. The summed E-state index contributed by atoms with van der Waals surface area (Å²) in [5.41, 5.74) is 3.30. The van der Waals surface area contributed by atoms with E-state index in [9.17, 15) is 9.59 Å². The number of rotatable bonds is 11. The van der Waals surface area contributed by atoms with Crippen LogP contribution in [0.2, 0.25) is 0 Å². The number of anilines is 1. The Morgan fingerprint density at radius 1 is 1.20 bits per heavy atom. The molecule has 1 unspecified atom stereocenters. The number of likely N-dealkylation sites (N-methyl/N-ethyl adjacent to an activating group) is 2. The molecule has 10 nitrogen and oxygen atoms in total. The number of pyridine rings is 1. The van der Waals surface area contributed by atoms with Crippen LogP contribution in [0.4, 0.5) is 5.82 Å². The first-order valence-corrected chi connectivity index (χ1v) is 14.7. The molecule has 1 saturated heterocycles. The van der Waals surface area contributed by atoms with E-state index in [1.165, 1.54) is 0 Å². The van der Waals surface area contributed by atoms with Gasteiger partial charge in [0.15, 0.2) is 5.65 Å². The van der Waals surface area contributed by atoms with Gasteiger partial charge in [-0.05, 0) is 62.5 Å². The fraction of sp³-hybridized carbons (Fsp3) is 0.414. The Hall–Kier alpha value is -3.83. The van der Waals surface area contributed by atoms with Crippen LogP contribution in [-0.2, 0) is 4.79 Å². The molecule has 0 aliphatic carbocycles. The van der Waals surface area contributed by atoms with Gasteiger partial charge < -0.3 is 15.5 Å². The molecule has 2 amide bonds. The van der Waals surface area contributed by atoms with Crippen LogP contribution in [0.15, 0.2) is 48.1 Å². The molecule has 2 N–H and O–H groups in total. The monoisotopic (exact) mass is 560 g/mol. The predicted octanol–water partition coefficient (Wildman–Crippen LogP) is 3.69. The summed E-state index contributed by atoms with van der Waals surface area (Å²) in [4.78, 5) is 41.1. The number of amides is 2. The molecule has 4 aromatic rings. The van der Waals surface area contributed by atoms with Gasteiger partial charge >= 0.3 is 0 Å². The fourth-order valence-electron chi connectivity index (χ4n) is 5.09. The predicted molar refractivity (Wildman–Crippen MR) is 159 cm³/mol. The summed E-state index contributed by atoms with van der Waals surface area (Å²) >= 11 is 1.62. The van der Waals surface area contributed by atoms with Crippen LogP contribution in [0, 0.1) is 0 Å². The van der Waals surface area contributed by atoms with Gasteiger partial charge in [0.2, 0.25) is 5.91 Å². The Balaban J connectivity index is 1.51. The highest BCUT2D eigenvalue weighted by Crippen LogP contribution is 2.31. The normalized spacial score (nSPS) is 15.7. The number of hydrogen-bond donors (Lipinski definition) is 2. The Bertz CT molecular complexity index is 1480. The van der Waals surface area contributed by atoms with Gasteiger partial charge in [0.05, 0.1) is 28.0 Å². The zero-order chi connectivity index (χ0) is 28.2. The molecule has 5 heterocycles. The minimum atomic E-state index is -0.316. The van der Waals surface area contributed by atoms with Gasteiger partial charge in [-0.2, -0.15) is 5.10 Å². The summed E-state index contributed by atoms with van der Waals surface area (Å²) in [6.07, 6.45) is 5.41. The molecule has 4 aromatic heterocycles. The molecular weight excluding hydrogens is 524 g/mol. The highest BCUT2D eigenvalue weighted by Gasteiger charge is 2.35. The Labute approximate surface area is 238 Å². The lowest BCUT2D eigenvalue weighted by Gasteiger charge is -2.40. The summed E-state index contributed by atoms with van der Waals surface area (Å²) in [5.74, 6) is 0.350. The lowest BCUT2D eigenvalue weighted by molar-refractivity contribution is -0.123. The van der Waals surface area contributed by atoms with Gasteiger partial charge in [-0.25, -0.2) is 14.5 Å². The van der Waals surface area contributed by atoms with E-state index in [2.05, 4.69) is 41.4 Å². The van der Waals surface area contributed by atoms with E-state index in [-0.39, 0.29) is 23.9 Å². The quantitative estimate of drug-likeness (QED) is 0.288. The maximum Gasteiger partial charge on any atom is 0.251 e. The van der Waals surface area contributed by atoms with Crippen LogP contribution < -0.4 is 15.5 Å². The SMILES string of the molecule is CCCN(CC)C(C)CNC(=O)c1cc(-c2cnn3ccc(-c4cccs4)nc23)nc(N2CC[C@H]2C(=O)NC)c1. The van der Waals surface area contributed by atoms with Crippen LogP contribution in [0.5, 0.6) is 0 Å². The first-order chi connectivity index (χ1) is 19.4. The van der Waals surface area contributed by atoms with E-state index >= 15 is 0 Å². The minimum absolute atomic E-state index is 0.0629. The molecule has 11 heteroatoms. The summed E-state index contributed by atoms with van der Waals surface area (Å²) in [6.45, 7) is 9.57. The van der Waals surface area contributed by atoms with Crippen molar-refractivity contribution in [1.82, 2.24) is 35.1 Å². The number of fused-ring (bicyclic) bond motifs is 1. The lowest BCUT2D eigenvalue weighted by Crippen LogP contribution is -2.56. The molecule has 2 atom stereocenters. The molecular formula is C29H36N8O2S. The summed E-state index contributed by atoms with van der Waals surface area (Å²) in [7, 11) is 1.64. The average Bonchev–Trinajstić information content (AvgIpc) is 3.64. The Morgan fingerprint density at radius 3 is 2.73 bits per heavy atom. The first kappa shape index (κ1) is 27.7. The van der Waals surface area contributed by atoms with E-state index in [0.29, 0.717) is 35.8 Å². The Kier molecular flexibility index (Phi) is 8.41. The van der Waals surface area contributed by atoms with E-state index < -0.39 is 0 Å². The molecule has 0 aromatic carbocycles. The molecule has 1 aliphatic rings. The van der Waals surface area contributed by atoms with Gasteiger partial charge in [-0.1, -0.05) is 19.9 Å². The number of carbonyl (C=O) groups is 2. The molecule has 40 heavy (non-hydrogen) atoms. The fourth-order valence-corrected chi connectivity index (χ4v) is 5.79. The Morgan fingerprint density at radius 2 is 2.05 bits per heavy atom. The van der Waals surface area contributed by atoms with Gasteiger partial charge in [-0.3, -0.25) is 14.5 Å². The van der Waals surface area contributed by atoms with Crippen LogP contribution in [0.25, 0.3) is 27.5 Å². The summed E-state index contributed by atoms with van der Waals surface area (Å²) < 4.78 is 1.71. The third-order valence-electron chi connectivity index (χ3n) is 7.45. The summed E-state index contributed by atoms with van der Waals surface area (Å²) in [5, 5.41) is 12.4. The van der Waals surface area contributed by atoms with Crippen molar-refractivity contribution in [3.63, 3.8) is 0 Å². The molecule has 0 bridgehead atoms. The molecule has 5 rings (SSSR count). The van der Waals surface area contributed by atoms with Crippen molar-refractivity contribution >= 4 is 34.6 Å². The third kappa shape index (κ3) is 5.57. The topological polar surface area (TPSA) is 108 Å². The number of nitrogens with one attached hydrogen (secondary N) is 2. The van der Waals surface area contributed by atoms with Crippen molar-refractivity contribution in [3.05, 3.63) is 53.7 Å². The second kappa shape index (κ2) is 12.1. The standard InChI is InChI=1S/C29H36N8O2S/c1-5-11-35(6-2)19(3)17-31-28(38)20-15-23(33-26(16-20)36-12-10-24(36)29(39)30-4)21-18-32-37-13-9-22(34-27(21)37)25-8-7-14-40-25/h7-9,13-16,18-19,24H,5-6,10-12,17H2,1-4H3,(H,30,39)(H,31,38)/t19?,24-/m0/s1. The highest BCUT2D eigenvalue weighted by atomic mass is 32.1.